The summed E-state index contributed by atoms with van der Waals surface area (Å²) in [6, 6.07) is 19.9. The minimum absolute atomic E-state index is 0.193. The van der Waals surface area contributed by atoms with Gasteiger partial charge in [-0.15, -0.1) is 0 Å². The molecule has 2 aromatic carbocycles. The molecular formula is C32H32N4O5S. The highest BCUT2D eigenvalue weighted by molar-refractivity contribution is 7.07. The van der Waals surface area contributed by atoms with E-state index < -0.39 is 12.0 Å². The summed E-state index contributed by atoms with van der Waals surface area (Å²) < 4.78 is 19.1. The standard InChI is InChI=1S/C32H32N4O5S/c1-4-40-31(38)27-28(21-8-6-5-7-9-21)33-32-36(29(27)22-10-12-23(39-3)13-11-22)30(37)25(42-32)20-24-14-15-26(41-24)35-18-16-34(2)17-19-35/h5-15,20,29H,4,16-19H2,1-3H3/t29-/m1/s1. The Morgan fingerprint density at radius 3 is 2.48 bits per heavy atom. The summed E-state index contributed by atoms with van der Waals surface area (Å²) in [4.78, 5) is 37.5. The third-order valence-electron chi connectivity index (χ3n) is 7.51. The van der Waals surface area contributed by atoms with E-state index in [-0.39, 0.29) is 12.2 Å². The van der Waals surface area contributed by atoms with E-state index in [1.807, 2.05) is 66.7 Å². The number of likely N-dealkylation sites (N-methyl/N-ethyl adjacent to an activating group) is 1. The highest BCUT2D eigenvalue weighted by Gasteiger charge is 2.35. The molecule has 0 aliphatic carbocycles. The van der Waals surface area contributed by atoms with Crippen molar-refractivity contribution in [2.24, 2.45) is 4.99 Å². The van der Waals surface area contributed by atoms with Gasteiger partial charge < -0.3 is 23.7 Å². The number of carbonyl (C=O) groups is 1. The van der Waals surface area contributed by atoms with Crippen LogP contribution in [-0.4, -0.2) is 62.4 Å². The summed E-state index contributed by atoms with van der Waals surface area (Å²) >= 11 is 1.27. The molecule has 6 rings (SSSR count). The molecule has 10 heteroatoms. The van der Waals surface area contributed by atoms with E-state index in [0.29, 0.717) is 32.1 Å². The molecule has 0 N–H and O–H groups in total. The number of aromatic nitrogens is 1. The Morgan fingerprint density at radius 1 is 1.05 bits per heavy atom. The number of benzene rings is 2. The number of piperazine rings is 1. The lowest BCUT2D eigenvalue weighted by Gasteiger charge is -2.32. The first-order chi connectivity index (χ1) is 20.5. The number of nitrogens with zero attached hydrogens (tertiary/aromatic N) is 4. The predicted octanol–water partition coefficient (Wildman–Crippen LogP) is 3.29. The maximum Gasteiger partial charge on any atom is 0.338 e. The molecule has 0 unspecified atom stereocenters. The van der Waals surface area contributed by atoms with Crippen molar-refractivity contribution >= 4 is 35.0 Å². The van der Waals surface area contributed by atoms with E-state index in [9.17, 15) is 9.59 Å². The molecule has 42 heavy (non-hydrogen) atoms. The van der Waals surface area contributed by atoms with Crippen LogP contribution in [-0.2, 0) is 9.53 Å². The number of rotatable bonds is 7. The number of ether oxygens (including phenoxy) is 2. The van der Waals surface area contributed by atoms with Gasteiger partial charge in [0.1, 0.15) is 11.5 Å². The van der Waals surface area contributed by atoms with Crippen LogP contribution in [0.4, 0.5) is 5.88 Å². The summed E-state index contributed by atoms with van der Waals surface area (Å²) in [5.74, 6) is 1.53. The molecule has 1 fully saturated rings. The molecule has 0 saturated carbocycles. The van der Waals surface area contributed by atoms with Crippen molar-refractivity contribution in [3.63, 3.8) is 0 Å². The van der Waals surface area contributed by atoms with Crippen LogP contribution in [0, 0.1) is 0 Å². The molecular weight excluding hydrogens is 552 g/mol. The maximum atomic E-state index is 14.1. The number of esters is 1. The first kappa shape index (κ1) is 27.7. The Hall–Kier alpha value is -4.41. The van der Waals surface area contributed by atoms with Crippen LogP contribution in [0.3, 0.4) is 0 Å². The summed E-state index contributed by atoms with van der Waals surface area (Å²) in [7, 11) is 3.71. The number of carbonyl (C=O) groups excluding carboxylic acids is 1. The first-order valence-electron chi connectivity index (χ1n) is 13.9. The van der Waals surface area contributed by atoms with Gasteiger partial charge in [0.15, 0.2) is 10.7 Å². The van der Waals surface area contributed by atoms with Crippen LogP contribution in [0.15, 0.2) is 86.5 Å². The zero-order chi connectivity index (χ0) is 29.2. The number of methoxy groups -OCH3 is 1. The quantitative estimate of drug-likeness (QED) is 0.308. The van der Waals surface area contributed by atoms with Gasteiger partial charge in [-0.3, -0.25) is 9.36 Å². The van der Waals surface area contributed by atoms with Gasteiger partial charge in [0.05, 0.1) is 35.6 Å². The van der Waals surface area contributed by atoms with Crippen molar-refractivity contribution in [2.75, 3.05) is 51.8 Å². The van der Waals surface area contributed by atoms with Crippen molar-refractivity contribution in [3.05, 3.63) is 109 Å². The van der Waals surface area contributed by atoms with Crippen LogP contribution < -0.4 is 24.5 Å². The fourth-order valence-corrected chi connectivity index (χ4v) is 6.27. The van der Waals surface area contributed by atoms with Crippen molar-refractivity contribution < 1.29 is 18.7 Å². The monoisotopic (exact) mass is 584 g/mol. The third-order valence-corrected chi connectivity index (χ3v) is 8.49. The number of furan rings is 1. The van der Waals surface area contributed by atoms with Crippen molar-refractivity contribution in [1.82, 2.24) is 9.47 Å². The smallest absolute Gasteiger partial charge is 0.338 e. The number of anilines is 1. The number of hydrogen-bond donors (Lipinski definition) is 0. The summed E-state index contributed by atoms with van der Waals surface area (Å²) in [6.07, 6.45) is 1.75. The van der Waals surface area contributed by atoms with Crippen LogP contribution in [0.2, 0.25) is 0 Å². The zero-order valence-corrected chi connectivity index (χ0v) is 24.6. The molecule has 0 bridgehead atoms. The molecule has 0 spiro atoms. The number of thiazole rings is 1. The number of hydrogen-bond acceptors (Lipinski definition) is 9. The molecule has 4 heterocycles. The average Bonchev–Trinajstić information content (AvgIpc) is 3.61. The second-order valence-electron chi connectivity index (χ2n) is 10.2. The van der Waals surface area contributed by atoms with Gasteiger partial charge in [-0.1, -0.05) is 53.8 Å². The maximum absolute atomic E-state index is 14.1. The van der Waals surface area contributed by atoms with Gasteiger partial charge in [-0.2, -0.15) is 0 Å². The van der Waals surface area contributed by atoms with E-state index >= 15 is 0 Å². The summed E-state index contributed by atoms with van der Waals surface area (Å²) in [5.41, 5.74) is 2.04. The minimum Gasteiger partial charge on any atom is -0.497 e. The molecule has 2 aliphatic heterocycles. The largest absolute Gasteiger partial charge is 0.497 e. The van der Waals surface area contributed by atoms with Crippen LogP contribution >= 0.6 is 11.3 Å². The molecule has 0 radical (unpaired) electrons. The summed E-state index contributed by atoms with van der Waals surface area (Å²) in [5, 5.41) is 0. The van der Waals surface area contributed by atoms with E-state index in [4.69, 9.17) is 18.9 Å². The summed E-state index contributed by atoms with van der Waals surface area (Å²) in [6.45, 7) is 5.65. The van der Waals surface area contributed by atoms with Crippen LogP contribution in [0.5, 0.6) is 5.75 Å². The fourth-order valence-electron chi connectivity index (χ4n) is 5.29. The molecule has 216 valence electrons. The topological polar surface area (TPSA) is 89.5 Å². The molecule has 9 nitrogen and oxygen atoms in total. The normalized spacial score (nSPS) is 17.6. The van der Waals surface area contributed by atoms with Gasteiger partial charge in [0.25, 0.3) is 5.56 Å². The second kappa shape index (κ2) is 11.8. The Labute approximate surface area is 247 Å². The van der Waals surface area contributed by atoms with Crippen molar-refractivity contribution in [1.29, 1.82) is 0 Å². The van der Waals surface area contributed by atoms with E-state index in [2.05, 4.69) is 16.8 Å². The molecule has 2 aliphatic rings. The molecule has 4 aromatic rings. The Kier molecular flexibility index (Phi) is 7.82. The Balaban J connectivity index is 1.51. The predicted molar refractivity (Wildman–Crippen MR) is 162 cm³/mol. The van der Waals surface area contributed by atoms with Gasteiger partial charge in [0, 0.05) is 43.9 Å². The van der Waals surface area contributed by atoms with E-state index in [0.717, 1.165) is 43.2 Å². The van der Waals surface area contributed by atoms with Crippen LogP contribution in [0.25, 0.3) is 11.8 Å². The second-order valence-corrected chi connectivity index (χ2v) is 11.2. The first-order valence-corrected chi connectivity index (χ1v) is 14.7. The fraction of sp³-hybridized carbons (Fsp3) is 0.281. The number of fused-ring (bicyclic) bond motifs is 1. The highest BCUT2D eigenvalue weighted by atomic mass is 32.1. The van der Waals surface area contributed by atoms with Gasteiger partial charge >= 0.3 is 5.97 Å². The molecule has 1 atom stereocenters. The lowest BCUT2D eigenvalue weighted by molar-refractivity contribution is -0.138. The molecule has 0 amide bonds. The average molecular weight is 585 g/mol. The Bertz CT molecular complexity index is 1800. The zero-order valence-electron chi connectivity index (χ0n) is 23.8. The van der Waals surface area contributed by atoms with Gasteiger partial charge in [-0.05, 0) is 37.7 Å². The SMILES string of the molecule is CCOC(=O)C1=C(c2ccccc2)N=c2sc(=Cc3ccc(N4CCN(C)CC4)o3)c(=O)n2[C@@H]1c1ccc(OC)cc1. The molecule has 1 saturated heterocycles. The van der Waals surface area contributed by atoms with Gasteiger partial charge in [0.2, 0.25) is 0 Å². The van der Waals surface area contributed by atoms with Crippen molar-refractivity contribution in [2.45, 2.75) is 13.0 Å². The highest BCUT2D eigenvalue weighted by Crippen LogP contribution is 2.35. The lowest BCUT2D eigenvalue weighted by Crippen LogP contribution is -2.44. The lowest BCUT2D eigenvalue weighted by atomic mass is 9.93. The van der Waals surface area contributed by atoms with E-state index in [1.165, 1.54) is 11.3 Å². The third kappa shape index (κ3) is 5.31. The van der Waals surface area contributed by atoms with Crippen molar-refractivity contribution in [3.8, 4) is 5.75 Å². The Morgan fingerprint density at radius 2 is 1.79 bits per heavy atom. The minimum atomic E-state index is -0.749. The van der Waals surface area contributed by atoms with Crippen LogP contribution in [0.1, 0.15) is 29.9 Å². The van der Waals surface area contributed by atoms with Gasteiger partial charge in [-0.25, -0.2) is 9.79 Å². The molecule has 2 aromatic heterocycles. The van der Waals surface area contributed by atoms with E-state index in [1.54, 1.807) is 24.7 Å².